The van der Waals surface area contributed by atoms with E-state index in [1.54, 1.807) is 15.3 Å². The van der Waals surface area contributed by atoms with Crippen LogP contribution in [0, 0.1) is 6.92 Å². The van der Waals surface area contributed by atoms with Crippen LogP contribution in [0.4, 0.5) is 0 Å². The predicted octanol–water partition coefficient (Wildman–Crippen LogP) is 2.47. The number of nitrogens with one attached hydrogen (secondary N) is 1. The Kier molecular flexibility index (Phi) is 3.15. The van der Waals surface area contributed by atoms with Gasteiger partial charge in [-0.3, -0.25) is 4.79 Å². The van der Waals surface area contributed by atoms with Crippen LogP contribution in [0.25, 0.3) is 27.6 Å². The number of hydrogen-bond acceptors (Lipinski definition) is 4. The summed E-state index contributed by atoms with van der Waals surface area (Å²) in [6, 6.07) is 8.24. The highest BCUT2D eigenvalue weighted by Crippen LogP contribution is 2.20. The van der Waals surface area contributed by atoms with Gasteiger partial charge in [0.15, 0.2) is 0 Å². The zero-order chi connectivity index (χ0) is 17.7. The predicted molar refractivity (Wildman–Crippen MR) is 99.3 cm³/mol. The highest BCUT2D eigenvalue weighted by Gasteiger charge is 2.10. The van der Waals surface area contributed by atoms with Gasteiger partial charge in [-0.05, 0) is 37.1 Å². The Labute approximate surface area is 147 Å². The number of fused-ring (bicyclic) bond motifs is 4. The highest BCUT2D eigenvalue weighted by molar-refractivity contribution is 5.84. The van der Waals surface area contributed by atoms with Gasteiger partial charge in [-0.25, -0.2) is 4.98 Å². The molecule has 7 nitrogen and oxygen atoms in total. The van der Waals surface area contributed by atoms with Gasteiger partial charge in [0.2, 0.25) is 0 Å². The molecule has 7 heteroatoms. The Morgan fingerprint density at radius 1 is 1.15 bits per heavy atom. The molecule has 0 bridgehead atoms. The van der Waals surface area contributed by atoms with E-state index in [1.165, 1.54) is 22.8 Å². The van der Waals surface area contributed by atoms with Gasteiger partial charge in [0.25, 0.3) is 11.3 Å². The lowest BCUT2D eigenvalue weighted by Gasteiger charge is -2.07. The summed E-state index contributed by atoms with van der Waals surface area (Å²) in [5.41, 5.74) is 4.21. The molecule has 0 aliphatic rings. The van der Waals surface area contributed by atoms with Crippen LogP contribution >= 0.6 is 0 Å². The number of aromatic nitrogens is 6. The first-order valence-corrected chi connectivity index (χ1v) is 8.45. The van der Waals surface area contributed by atoms with Crippen LogP contribution in [0.3, 0.4) is 0 Å². The second kappa shape index (κ2) is 5.52. The van der Waals surface area contributed by atoms with Crippen molar-refractivity contribution < 1.29 is 0 Å². The van der Waals surface area contributed by atoms with Gasteiger partial charge in [0, 0.05) is 36.0 Å². The SMILES string of the molecule is Cc1ccc2[nH]cc(CCn3ccc4c(cnc5ncnn54)c3=O)c2c1. The van der Waals surface area contributed by atoms with E-state index < -0.39 is 0 Å². The zero-order valence-electron chi connectivity index (χ0n) is 14.2. The normalized spacial score (nSPS) is 11.7. The van der Waals surface area contributed by atoms with Gasteiger partial charge < -0.3 is 9.55 Å². The number of rotatable bonds is 3. The molecule has 1 N–H and O–H groups in total. The number of aryl methyl sites for hydroxylation is 3. The second-order valence-electron chi connectivity index (χ2n) is 6.46. The lowest BCUT2D eigenvalue weighted by Crippen LogP contribution is -2.21. The van der Waals surface area contributed by atoms with Crippen molar-refractivity contribution in [3.63, 3.8) is 0 Å². The average Bonchev–Trinajstić information content (AvgIpc) is 3.27. The summed E-state index contributed by atoms with van der Waals surface area (Å²) in [5, 5.41) is 5.89. The maximum Gasteiger partial charge on any atom is 0.261 e. The molecule has 4 heterocycles. The summed E-state index contributed by atoms with van der Waals surface area (Å²) in [6.45, 7) is 2.69. The molecule has 0 atom stereocenters. The van der Waals surface area contributed by atoms with Crippen LogP contribution in [0.2, 0.25) is 0 Å². The molecular weight excluding hydrogens is 328 g/mol. The third kappa shape index (κ3) is 2.21. The van der Waals surface area contributed by atoms with E-state index in [2.05, 4.69) is 45.2 Å². The van der Waals surface area contributed by atoms with Crippen molar-refractivity contribution in [2.75, 3.05) is 0 Å². The first-order valence-electron chi connectivity index (χ1n) is 8.45. The minimum Gasteiger partial charge on any atom is -0.361 e. The van der Waals surface area contributed by atoms with Crippen LogP contribution < -0.4 is 5.56 Å². The largest absolute Gasteiger partial charge is 0.361 e. The van der Waals surface area contributed by atoms with E-state index in [1.807, 2.05) is 18.5 Å². The molecule has 5 aromatic rings. The smallest absolute Gasteiger partial charge is 0.261 e. The molecule has 0 amide bonds. The number of pyridine rings is 1. The topological polar surface area (TPSA) is 80.9 Å². The summed E-state index contributed by atoms with van der Waals surface area (Å²) in [4.78, 5) is 24.4. The van der Waals surface area contributed by atoms with Gasteiger partial charge in [0.05, 0.1) is 10.9 Å². The fourth-order valence-electron chi connectivity index (χ4n) is 3.42. The Morgan fingerprint density at radius 2 is 2.08 bits per heavy atom. The van der Waals surface area contributed by atoms with Crippen molar-refractivity contribution in [1.82, 2.24) is 29.1 Å². The summed E-state index contributed by atoms with van der Waals surface area (Å²) >= 11 is 0. The third-order valence-electron chi connectivity index (χ3n) is 4.79. The molecular formula is C19H16N6O. The molecule has 0 aliphatic carbocycles. The number of nitrogens with zero attached hydrogens (tertiary/aromatic N) is 5. The number of aromatic amines is 1. The van der Waals surface area contributed by atoms with Crippen LogP contribution in [0.5, 0.6) is 0 Å². The van der Waals surface area contributed by atoms with Gasteiger partial charge in [-0.2, -0.15) is 14.6 Å². The zero-order valence-corrected chi connectivity index (χ0v) is 14.2. The van der Waals surface area contributed by atoms with Gasteiger partial charge in [-0.1, -0.05) is 11.6 Å². The molecule has 5 rings (SSSR count). The number of hydrogen-bond donors (Lipinski definition) is 1. The summed E-state index contributed by atoms with van der Waals surface area (Å²) in [5.74, 6) is 0.490. The van der Waals surface area contributed by atoms with Crippen LogP contribution in [0.1, 0.15) is 11.1 Å². The fourth-order valence-corrected chi connectivity index (χ4v) is 3.42. The van der Waals surface area contributed by atoms with E-state index in [0.29, 0.717) is 17.7 Å². The molecule has 4 aromatic heterocycles. The highest BCUT2D eigenvalue weighted by atomic mass is 16.1. The maximum absolute atomic E-state index is 12.8. The fraction of sp³-hybridized carbons (Fsp3) is 0.158. The Morgan fingerprint density at radius 3 is 3.00 bits per heavy atom. The van der Waals surface area contributed by atoms with E-state index in [9.17, 15) is 4.79 Å². The van der Waals surface area contributed by atoms with E-state index >= 15 is 0 Å². The molecule has 0 spiro atoms. The first kappa shape index (κ1) is 14.8. The van der Waals surface area contributed by atoms with E-state index in [0.717, 1.165) is 17.5 Å². The van der Waals surface area contributed by atoms with Gasteiger partial charge >= 0.3 is 0 Å². The standard InChI is InChI=1S/C19H16N6O/c1-12-2-3-16-14(8-12)13(9-20-16)4-6-24-7-5-17-15(18(24)26)10-21-19-22-11-23-25(17)19/h2-3,5,7-11,20H,4,6H2,1H3. The van der Waals surface area contributed by atoms with Crippen molar-refractivity contribution in [2.45, 2.75) is 19.9 Å². The lowest BCUT2D eigenvalue weighted by atomic mass is 10.1. The van der Waals surface area contributed by atoms with Crippen molar-refractivity contribution in [1.29, 1.82) is 0 Å². The van der Waals surface area contributed by atoms with Gasteiger partial charge in [-0.15, -0.1) is 0 Å². The molecule has 0 unspecified atom stereocenters. The molecule has 128 valence electrons. The number of benzene rings is 1. The molecule has 0 aliphatic heterocycles. The minimum absolute atomic E-state index is 0.0663. The van der Waals surface area contributed by atoms with E-state index in [4.69, 9.17) is 0 Å². The summed E-state index contributed by atoms with van der Waals surface area (Å²) < 4.78 is 3.31. The maximum atomic E-state index is 12.8. The average molecular weight is 344 g/mol. The molecule has 0 saturated heterocycles. The van der Waals surface area contributed by atoms with Crippen LogP contribution in [-0.2, 0) is 13.0 Å². The molecule has 0 radical (unpaired) electrons. The second-order valence-corrected chi connectivity index (χ2v) is 6.46. The monoisotopic (exact) mass is 344 g/mol. The van der Waals surface area contributed by atoms with Crippen LogP contribution in [-0.4, -0.2) is 29.1 Å². The molecule has 26 heavy (non-hydrogen) atoms. The summed E-state index contributed by atoms with van der Waals surface area (Å²) in [7, 11) is 0. The minimum atomic E-state index is -0.0663. The number of H-pyrrole nitrogens is 1. The Hall–Kier alpha value is -3.48. The summed E-state index contributed by atoms with van der Waals surface area (Å²) in [6.07, 6.45) is 7.62. The van der Waals surface area contributed by atoms with Crippen molar-refractivity contribution >= 4 is 27.6 Å². The van der Waals surface area contributed by atoms with Crippen LogP contribution in [0.15, 0.2) is 54.0 Å². The molecule has 0 saturated carbocycles. The van der Waals surface area contributed by atoms with Crippen molar-refractivity contribution in [3.8, 4) is 0 Å². The van der Waals surface area contributed by atoms with Gasteiger partial charge in [0.1, 0.15) is 6.33 Å². The van der Waals surface area contributed by atoms with Crippen molar-refractivity contribution in [3.05, 3.63) is 70.7 Å². The third-order valence-corrected chi connectivity index (χ3v) is 4.79. The first-order chi connectivity index (χ1) is 12.7. The van der Waals surface area contributed by atoms with Crippen molar-refractivity contribution in [2.24, 2.45) is 0 Å². The quantitative estimate of drug-likeness (QED) is 0.545. The Balaban J connectivity index is 1.53. The Bertz CT molecular complexity index is 1330. The lowest BCUT2D eigenvalue weighted by molar-refractivity contribution is 0.676. The molecule has 1 aromatic carbocycles. The molecule has 0 fully saturated rings. The van der Waals surface area contributed by atoms with E-state index in [-0.39, 0.29) is 5.56 Å².